The molecular formula is C24H28FNO2. The Bertz CT molecular complexity index is 877. The minimum absolute atomic E-state index is 0.235. The van der Waals surface area contributed by atoms with E-state index >= 15 is 0 Å². The zero-order valence-electron chi connectivity index (χ0n) is 16.6. The molecule has 0 fully saturated rings. The largest absolute Gasteiger partial charge is 0.489 e. The highest BCUT2D eigenvalue weighted by Gasteiger charge is 2.09. The predicted octanol–water partition coefficient (Wildman–Crippen LogP) is 5.46. The number of fused-ring (bicyclic) bond motifs is 1. The van der Waals surface area contributed by atoms with Crippen LogP contribution < -0.4 is 10.1 Å². The van der Waals surface area contributed by atoms with Gasteiger partial charge < -0.3 is 14.8 Å². The third kappa shape index (κ3) is 5.78. The van der Waals surface area contributed by atoms with E-state index in [2.05, 4.69) is 23.5 Å². The van der Waals surface area contributed by atoms with Crippen molar-refractivity contribution in [3.05, 3.63) is 77.6 Å². The Morgan fingerprint density at radius 1 is 0.964 bits per heavy atom. The first-order valence-corrected chi connectivity index (χ1v) is 9.83. The average Bonchev–Trinajstić information content (AvgIpc) is 2.70. The SMILES string of the molecule is CC(C)OCCCNCc1c(OCc2ccc(F)cc2)ccc2ccccc12. The molecule has 0 heterocycles. The lowest BCUT2D eigenvalue weighted by atomic mass is 10.0. The average molecular weight is 381 g/mol. The molecule has 0 saturated carbocycles. The first-order chi connectivity index (χ1) is 13.6. The second kappa shape index (κ2) is 10.2. The van der Waals surface area contributed by atoms with Crippen molar-refractivity contribution in [1.82, 2.24) is 5.32 Å². The summed E-state index contributed by atoms with van der Waals surface area (Å²) in [5, 5.41) is 5.88. The van der Waals surface area contributed by atoms with E-state index in [0.29, 0.717) is 6.61 Å². The van der Waals surface area contributed by atoms with Crippen LogP contribution in [0.5, 0.6) is 5.75 Å². The fourth-order valence-corrected chi connectivity index (χ4v) is 3.10. The van der Waals surface area contributed by atoms with Crippen molar-refractivity contribution in [2.24, 2.45) is 0 Å². The third-order valence-corrected chi connectivity index (χ3v) is 4.56. The summed E-state index contributed by atoms with van der Waals surface area (Å²) in [6.07, 6.45) is 1.24. The van der Waals surface area contributed by atoms with Gasteiger partial charge >= 0.3 is 0 Å². The van der Waals surface area contributed by atoms with Crippen LogP contribution in [0.1, 0.15) is 31.4 Å². The lowest BCUT2D eigenvalue weighted by Gasteiger charge is -2.15. The van der Waals surface area contributed by atoms with Gasteiger partial charge in [-0.1, -0.05) is 42.5 Å². The minimum atomic E-state index is -0.235. The zero-order valence-corrected chi connectivity index (χ0v) is 16.6. The van der Waals surface area contributed by atoms with Gasteiger partial charge in [-0.05, 0) is 61.3 Å². The fourth-order valence-electron chi connectivity index (χ4n) is 3.10. The molecule has 0 unspecified atom stereocenters. The summed E-state index contributed by atoms with van der Waals surface area (Å²) in [7, 11) is 0. The molecule has 0 amide bonds. The molecule has 0 saturated heterocycles. The molecule has 0 radical (unpaired) electrons. The van der Waals surface area contributed by atoms with Gasteiger partial charge in [-0.2, -0.15) is 0 Å². The van der Waals surface area contributed by atoms with Crippen LogP contribution in [-0.2, 0) is 17.9 Å². The standard InChI is InChI=1S/C24H28FNO2/c1-18(2)27-15-5-14-26-16-23-22-7-4-3-6-20(22)10-13-24(23)28-17-19-8-11-21(25)12-9-19/h3-4,6-13,18,26H,5,14-17H2,1-2H3. The van der Waals surface area contributed by atoms with Gasteiger partial charge in [-0.15, -0.1) is 0 Å². The Kier molecular flexibility index (Phi) is 7.40. The number of halogens is 1. The van der Waals surface area contributed by atoms with E-state index in [0.717, 1.165) is 43.0 Å². The molecule has 1 N–H and O–H groups in total. The first-order valence-electron chi connectivity index (χ1n) is 9.83. The summed E-state index contributed by atoms with van der Waals surface area (Å²) >= 11 is 0. The third-order valence-electron chi connectivity index (χ3n) is 4.56. The van der Waals surface area contributed by atoms with Crippen molar-refractivity contribution >= 4 is 10.8 Å². The van der Waals surface area contributed by atoms with Gasteiger partial charge in [0.2, 0.25) is 0 Å². The molecule has 28 heavy (non-hydrogen) atoms. The van der Waals surface area contributed by atoms with E-state index in [9.17, 15) is 4.39 Å². The van der Waals surface area contributed by atoms with Crippen molar-refractivity contribution < 1.29 is 13.9 Å². The number of hydrogen-bond donors (Lipinski definition) is 1. The summed E-state index contributed by atoms with van der Waals surface area (Å²) in [6.45, 7) is 6.87. The van der Waals surface area contributed by atoms with Crippen molar-refractivity contribution in [3.8, 4) is 5.75 Å². The molecule has 0 aliphatic heterocycles. The summed E-state index contributed by atoms with van der Waals surface area (Å²) in [5.74, 6) is 0.620. The quantitative estimate of drug-likeness (QED) is 0.473. The van der Waals surface area contributed by atoms with Crippen LogP contribution in [0.3, 0.4) is 0 Å². The Morgan fingerprint density at radius 2 is 1.75 bits per heavy atom. The summed E-state index contributed by atoms with van der Waals surface area (Å²) < 4.78 is 24.8. The van der Waals surface area contributed by atoms with Crippen molar-refractivity contribution in [2.75, 3.05) is 13.2 Å². The molecule has 3 rings (SSSR count). The molecule has 0 aliphatic carbocycles. The van der Waals surface area contributed by atoms with E-state index in [1.165, 1.54) is 22.9 Å². The summed E-state index contributed by atoms with van der Waals surface area (Å²) in [6, 6.07) is 18.8. The monoisotopic (exact) mass is 381 g/mol. The van der Waals surface area contributed by atoms with Gasteiger partial charge in [0.05, 0.1) is 6.10 Å². The van der Waals surface area contributed by atoms with Crippen molar-refractivity contribution in [2.45, 2.75) is 39.5 Å². The minimum Gasteiger partial charge on any atom is -0.489 e. The van der Waals surface area contributed by atoms with Crippen LogP contribution in [0.2, 0.25) is 0 Å². The first kappa shape index (κ1) is 20.3. The van der Waals surface area contributed by atoms with E-state index in [1.807, 2.05) is 32.0 Å². The van der Waals surface area contributed by atoms with Gasteiger partial charge in [-0.3, -0.25) is 0 Å². The highest BCUT2D eigenvalue weighted by atomic mass is 19.1. The predicted molar refractivity (Wildman–Crippen MR) is 112 cm³/mol. The molecule has 3 aromatic carbocycles. The molecule has 0 atom stereocenters. The number of ether oxygens (including phenoxy) is 2. The second-order valence-electron chi connectivity index (χ2n) is 7.13. The van der Waals surface area contributed by atoms with Crippen LogP contribution in [0.25, 0.3) is 10.8 Å². The molecule has 3 nitrogen and oxygen atoms in total. The van der Waals surface area contributed by atoms with E-state index in [1.54, 1.807) is 12.1 Å². The summed E-state index contributed by atoms with van der Waals surface area (Å²) in [4.78, 5) is 0. The van der Waals surface area contributed by atoms with Crippen LogP contribution in [0.15, 0.2) is 60.7 Å². The van der Waals surface area contributed by atoms with Crippen molar-refractivity contribution in [1.29, 1.82) is 0 Å². The number of rotatable bonds is 10. The molecule has 4 heteroatoms. The number of nitrogens with one attached hydrogen (secondary N) is 1. The lowest BCUT2D eigenvalue weighted by Crippen LogP contribution is -2.18. The second-order valence-corrected chi connectivity index (χ2v) is 7.13. The molecule has 0 aliphatic rings. The lowest BCUT2D eigenvalue weighted by molar-refractivity contribution is 0.0770. The molecule has 0 bridgehead atoms. The molecular weight excluding hydrogens is 353 g/mol. The molecule has 0 aromatic heterocycles. The number of benzene rings is 3. The van der Waals surface area contributed by atoms with Gasteiger partial charge in [0.25, 0.3) is 0 Å². The van der Waals surface area contributed by atoms with Gasteiger partial charge in [-0.25, -0.2) is 4.39 Å². The highest BCUT2D eigenvalue weighted by Crippen LogP contribution is 2.28. The van der Waals surface area contributed by atoms with Crippen LogP contribution in [0, 0.1) is 5.82 Å². The Morgan fingerprint density at radius 3 is 2.54 bits per heavy atom. The Hall–Kier alpha value is -2.43. The number of hydrogen-bond acceptors (Lipinski definition) is 3. The Balaban J connectivity index is 1.68. The highest BCUT2D eigenvalue weighted by molar-refractivity contribution is 5.87. The molecule has 0 spiro atoms. The maximum Gasteiger partial charge on any atom is 0.124 e. The Labute approximate surface area is 166 Å². The van der Waals surface area contributed by atoms with Gasteiger partial charge in [0, 0.05) is 18.7 Å². The van der Waals surface area contributed by atoms with E-state index in [-0.39, 0.29) is 11.9 Å². The van der Waals surface area contributed by atoms with E-state index < -0.39 is 0 Å². The normalized spacial score (nSPS) is 11.3. The summed E-state index contributed by atoms with van der Waals surface area (Å²) in [5.41, 5.74) is 2.09. The van der Waals surface area contributed by atoms with Gasteiger partial charge in [0.15, 0.2) is 0 Å². The smallest absolute Gasteiger partial charge is 0.124 e. The van der Waals surface area contributed by atoms with Crippen molar-refractivity contribution in [3.63, 3.8) is 0 Å². The van der Waals surface area contributed by atoms with E-state index in [4.69, 9.17) is 9.47 Å². The maximum absolute atomic E-state index is 13.1. The van der Waals surface area contributed by atoms with Gasteiger partial charge in [0.1, 0.15) is 18.2 Å². The topological polar surface area (TPSA) is 30.5 Å². The van der Waals surface area contributed by atoms with Crippen LogP contribution >= 0.6 is 0 Å². The molecule has 148 valence electrons. The van der Waals surface area contributed by atoms with Crippen LogP contribution in [0.4, 0.5) is 4.39 Å². The molecule has 3 aromatic rings. The fraction of sp³-hybridized carbons (Fsp3) is 0.333. The zero-order chi connectivity index (χ0) is 19.8. The van der Waals surface area contributed by atoms with Crippen LogP contribution in [-0.4, -0.2) is 19.3 Å². The maximum atomic E-state index is 13.1.